The summed E-state index contributed by atoms with van der Waals surface area (Å²) in [4.78, 5) is 10.9. The lowest BCUT2D eigenvalue weighted by molar-refractivity contribution is -0.122. The molecule has 0 radical (unpaired) electrons. The highest BCUT2D eigenvalue weighted by molar-refractivity contribution is 5.84. The molecule has 0 saturated heterocycles. The van der Waals surface area contributed by atoms with E-state index in [1.54, 1.807) is 13.8 Å². The number of hydrogen-bond donors (Lipinski definition) is 3. The van der Waals surface area contributed by atoms with Gasteiger partial charge in [0.25, 0.3) is 0 Å². The Kier molecular flexibility index (Phi) is 1.68. The molecule has 4 nitrogen and oxygen atoms in total. The highest BCUT2D eigenvalue weighted by Crippen LogP contribution is 2.29. The maximum Gasteiger partial charge on any atom is 0.242 e. The fraction of sp³-hybridized carbons (Fsp3) is 0.625. The van der Waals surface area contributed by atoms with Crippen molar-refractivity contribution in [1.29, 1.82) is 0 Å². The highest BCUT2D eigenvalue weighted by atomic mass is 16.1. The quantitative estimate of drug-likeness (QED) is 0.530. The van der Waals surface area contributed by atoms with E-state index in [9.17, 15) is 4.79 Å². The molecule has 0 saturated carbocycles. The summed E-state index contributed by atoms with van der Waals surface area (Å²) in [6, 6.07) is 0. The first-order valence-electron chi connectivity index (χ1n) is 3.86. The summed E-state index contributed by atoms with van der Waals surface area (Å²) in [5.74, 6) is -0.383. The number of carbonyl (C=O) groups is 1. The molecular weight excluding hydrogens is 154 g/mol. The van der Waals surface area contributed by atoms with E-state index < -0.39 is 5.54 Å². The molecule has 1 rings (SSSR count). The van der Waals surface area contributed by atoms with Gasteiger partial charge in [0, 0.05) is 5.70 Å². The largest absolute Gasteiger partial charge is 0.373 e. The Labute approximate surface area is 72.0 Å². The summed E-state index contributed by atoms with van der Waals surface area (Å²) in [6.07, 6.45) is 1.86. The number of amides is 1. The van der Waals surface area contributed by atoms with E-state index in [1.165, 1.54) is 0 Å². The van der Waals surface area contributed by atoms with Crippen LogP contribution in [0.25, 0.3) is 0 Å². The second kappa shape index (κ2) is 2.23. The molecule has 0 fully saturated rings. The van der Waals surface area contributed by atoms with Crippen molar-refractivity contribution in [3.05, 3.63) is 11.8 Å². The number of carbonyl (C=O) groups excluding carboxylic acids is 1. The summed E-state index contributed by atoms with van der Waals surface area (Å²) in [7, 11) is 0. The van der Waals surface area contributed by atoms with Gasteiger partial charge in [-0.15, -0.1) is 0 Å². The lowest BCUT2D eigenvalue weighted by atomic mass is 10.1. The third kappa shape index (κ3) is 1.58. The van der Waals surface area contributed by atoms with E-state index in [0.717, 1.165) is 5.70 Å². The predicted molar refractivity (Wildman–Crippen MR) is 47.1 cm³/mol. The van der Waals surface area contributed by atoms with Crippen LogP contribution in [0.4, 0.5) is 0 Å². The fourth-order valence-electron chi connectivity index (χ4n) is 0.833. The molecule has 0 unspecified atom stereocenters. The molecule has 1 aliphatic rings. The molecule has 5 N–H and O–H groups in total. The average Bonchev–Trinajstić information content (AvgIpc) is 2.37. The summed E-state index contributed by atoms with van der Waals surface area (Å²) >= 11 is 0. The van der Waals surface area contributed by atoms with Crippen molar-refractivity contribution >= 4 is 5.91 Å². The van der Waals surface area contributed by atoms with Crippen LogP contribution < -0.4 is 16.8 Å². The number of nitrogens with one attached hydrogen (secondary N) is 1. The second-order valence-corrected chi connectivity index (χ2v) is 3.95. The molecule has 1 aliphatic carbocycles. The smallest absolute Gasteiger partial charge is 0.242 e. The van der Waals surface area contributed by atoms with Gasteiger partial charge in [-0.2, -0.15) is 0 Å². The van der Waals surface area contributed by atoms with E-state index in [-0.39, 0.29) is 11.4 Å². The van der Waals surface area contributed by atoms with Crippen LogP contribution in [0.3, 0.4) is 0 Å². The van der Waals surface area contributed by atoms with Gasteiger partial charge in [-0.3, -0.25) is 4.79 Å². The molecule has 1 amide bonds. The first-order chi connectivity index (χ1) is 5.26. The van der Waals surface area contributed by atoms with Crippen molar-refractivity contribution in [3.8, 4) is 0 Å². The fourth-order valence-corrected chi connectivity index (χ4v) is 0.833. The van der Waals surface area contributed by atoms with E-state index in [1.807, 2.05) is 13.0 Å². The number of rotatable bonds is 3. The van der Waals surface area contributed by atoms with Crippen molar-refractivity contribution in [2.45, 2.75) is 31.8 Å². The van der Waals surface area contributed by atoms with Crippen LogP contribution in [0.2, 0.25) is 0 Å². The van der Waals surface area contributed by atoms with Gasteiger partial charge in [0.2, 0.25) is 5.91 Å². The minimum absolute atomic E-state index is 0.368. The third-order valence-electron chi connectivity index (χ3n) is 2.00. The Morgan fingerprint density at radius 1 is 1.67 bits per heavy atom. The van der Waals surface area contributed by atoms with Crippen molar-refractivity contribution in [3.63, 3.8) is 0 Å². The molecule has 0 aliphatic heterocycles. The molecule has 0 spiro atoms. The molecular formula is C8H15N3O. The Morgan fingerprint density at radius 2 is 2.08 bits per heavy atom. The maximum absolute atomic E-state index is 10.9. The van der Waals surface area contributed by atoms with Crippen LogP contribution >= 0.6 is 0 Å². The number of hydrogen-bond acceptors (Lipinski definition) is 3. The van der Waals surface area contributed by atoms with Crippen molar-refractivity contribution in [1.82, 2.24) is 5.32 Å². The second-order valence-electron chi connectivity index (χ2n) is 3.95. The predicted octanol–water partition coefficient (Wildman–Crippen LogP) is -0.545. The van der Waals surface area contributed by atoms with Crippen LogP contribution in [-0.2, 0) is 4.79 Å². The first-order valence-corrected chi connectivity index (χ1v) is 3.86. The van der Waals surface area contributed by atoms with Crippen molar-refractivity contribution in [2.24, 2.45) is 11.5 Å². The van der Waals surface area contributed by atoms with E-state index >= 15 is 0 Å². The summed E-state index contributed by atoms with van der Waals surface area (Å²) < 4.78 is 0. The normalized spacial score (nSPS) is 27.8. The van der Waals surface area contributed by atoms with Crippen LogP contribution in [-0.4, -0.2) is 17.0 Å². The van der Waals surface area contributed by atoms with Crippen LogP contribution in [0.1, 0.15) is 20.8 Å². The lowest BCUT2D eigenvalue weighted by Gasteiger charge is -2.23. The Hall–Kier alpha value is -1.03. The Balaban J connectivity index is 2.54. The van der Waals surface area contributed by atoms with Gasteiger partial charge in [-0.1, -0.05) is 0 Å². The van der Waals surface area contributed by atoms with Crippen molar-refractivity contribution in [2.75, 3.05) is 0 Å². The molecule has 68 valence electrons. The summed E-state index contributed by atoms with van der Waals surface area (Å²) in [5, 5.41) is 2.98. The zero-order valence-corrected chi connectivity index (χ0v) is 7.64. The molecule has 0 aromatic heterocycles. The minimum Gasteiger partial charge on any atom is -0.373 e. The summed E-state index contributed by atoms with van der Waals surface area (Å²) in [6.45, 7) is 5.32. The standard InChI is InChI=1S/C8H15N3O/c1-7(2,6(9)12)11-5-4-8(5,3)10/h4,11H,10H2,1-3H3,(H2,9,12)/t8-/m0/s1. The Bertz CT molecular complexity index is 253. The molecule has 0 aromatic rings. The molecule has 0 aromatic carbocycles. The number of primary amides is 1. The number of nitrogens with two attached hydrogens (primary N) is 2. The van der Waals surface area contributed by atoms with Gasteiger partial charge in [0.15, 0.2) is 0 Å². The van der Waals surface area contributed by atoms with Gasteiger partial charge in [-0.25, -0.2) is 0 Å². The van der Waals surface area contributed by atoms with Crippen LogP contribution in [0.5, 0.6) is 0 Å². The van der Waals surface area contributed by atoms with Gasteiger partial charge >= 0.3 is 0 Å². The SMILES string of the molecule is CC(C)(NC1=C[C@]1(C)N)C(N)=O. The molecule has 12 heavy (non-hydrogen) atoms. The topological polar surface area (TPSA) is 81.1 Å². The molecule has 4 heteroatoms. The zero-order valence-electron chi connectivity index (χ0n) is 7.64. The zero-order chi connectivity index (χ0) is 9.57. The van der Waals surface area contributed by atoms with Gasteiger partial charge < -0.3 is 16.8 Å². The van der Waals surface area contributed by atoms with Crippen LogP contribution in [0, 0.1) is 0 Å². The van der Waals surface area contributed by atoms with E-state index in [0.29, 0.717) is 0 Å². The first kappa shape index (κ1) is 9.06. The average molecular weight is 169 g/mol. The van der Waals surface area contributed by atoms with Gasteiger partial charge in [0.05, 0.1) is 5.54 Å². The third-order valence-corrected chi connectivity index (χ3v) is 2.00. The van der Waals surface area contributed by atoms with Gasteiger partial charge in [0.1, 0.15) is 5.54 Å². The molecule has 0 bridgehead atoms. The Morgan fingerprint density at radius 3 is 2.33 bits per heavy atom. The van der Waals surface area contributed by atoms with Crippen molar-refractivity contribution < 1.29 is 4.79 Å². The van der Waals surface area contributed by atoms with Gasteiger partial charge in [-0.05, 0) is 26.8 Å². The monoisotopic (exact) mass is 169 g/mol. The van der Waals surface area contributed by atoms with E-state index in [2.05, 4.69) is 5.32 Å². The maximum atomic E-state index is 10.9. The molecule has 0 heterocycles. The van der Waals surface area contributed by atoms with E-state index in [4.69, 9.17) is 11.5 Å². The molecule has 1 atom stereocenters. The summed E-state index contributed by atoms with van der Waals surface area (Å²) in [5.41, 5.74) is 10.7. The highest BCUT2D eigenvalue weighted by Gasteiger charge is 2.39. The lowest BCUT2D eigenvalue weighted by Crippen LogP contribution is -2.50. The minimum atomic E-state index is -0.719. The van der Waals surface area contributed by atoms with Crippen LogP contribution in [0.15, 0.2) is 11.8 Å².